The highest BCUT2D eigenvalue weighted by molar-refractivity contribution is 7.99. The summed E-state index contributed by atoms with van der Waals surface area (Å²) >= 11 is 7.63. The number of carbonyl (C=O) groups is 1. The number of rotatable bonds is 18. The average molecular weight is 881 g/mol. The van der Waals surface area contributed by atoms with E-state index in [2.05, 4.69) is 37.3 Å². The Kier molecular flexibility index (Phi) is 11.8. The Morgan fingerprint density at radius 3 is 2.59 bits per heavy atom. The second-order valence-electron chi connectivity index (χ2n) is 15.8. The first kappa shape index (κ1) is 42.5. The Balaban J connectivity index is 0.965. The van der Waals surface area contributed by atoms with Crippen LogP contribution in [0.3, 0.4) is 0 Å². The number of nitrogens with zero attached hydrogens (tertiary/aromatic N) is 6. The molecule has 1 amide bonds. The molecule has 14 nitrogen and oxygen atoms in total. The van der Waals surface area contributed by atoms with E-state index in [1.165, 1.54) is 30.3 Å². The van der Waals surface area contributed by atoms with Gasteiger partial charge in [-0.1, -0.05) is 67.5 Å². The molecular weight excluding hydrogens is 837 g/mol. The highest BCUT2D eigenvalue weighted by Gasteiger charge is 2.53. The monoisotopic (exact) mass is 880 g/mol. The number of aliphatic hydroxyl groups is 2. The summed E-state index contributed by atoms with van der Waals surface area (Å²) in [5.41, 5.74) is 1.91. The molecule has 1 aliphatic carbocycles. The molecule has 0 spiro atoms. The van der Waals surface area contributed by atoms with Crippen LogP contribution in [-0.2, 0) is 33.5 Å². The van der Waals surface area contributed by atoms with E-state index in [9.17, 15) is 23.8 Å². The number of hydrogen-bond donors (Lipinski definition) is 4. The maximum atomic E-state index is 15.9. The summed E-state index contributed by atoms with van der Waals surface area (Å²) in [6, 6.07) is 16.4. The van der Waals surface area contributed by atoms with Crippen molar-refractivity contribution in [3.8, 4) is 11.5 Å². The molecule has 1 aliphatic heterocycles. The van der Waals surface area contributed by atoms with Gasteiger partial charge in [-0.15, -0.1) is 13.9 Å². The summed E-state index contributed by atoms with van der Waals surface area (Å²) in [5.74, 6) is -0.143. The predicted octanol–water partition coefficient (Wildman–Crippen LogP) is 7.27. The van der Waals surface area contributed by atoms with Crippen LogP contribution < -0.4 is 20.1 Å². The van der Waals surface area contributed by atoms with Gasteiger partial charge < -0.3 is 39.6 Å². The largest absolute Gasteiger partial charge is 0.586 e. The number of nitrogens with one attached hydrogen (secondary N) is 2. The van der Waals surface area contributed by atoms with Crippen molar-refractivity contribution < 1.29 is 42.4 Å². The molecule has 61 heavy (non-hydrogen) atoms. The number of ether oxygens (including phenoxy) is 3. The fourth-order valence-corrected chi connectivity index (χ4v) is 8.21. The number of alkyl halides is 2. The van der Waals surface area contributed by atoms with Crippen molar-refractivity contribution in [3.63, 3.8) is 0 Å². The standard InChI is InChI=1S/C42H44ClF3N8O6S/c1-4-15-61-39-49-36(35-37(50-39)54(52-51-35)20-24-5-8-27(43)9-6-24)47-13-14-58-23-40(2,3)34-17-25-16-30(29(44)19-31(25)53(34)21-28(56)22-55)48-38(57)41(11-12-41)26-7-10-32-33(18-26)60-42(45,46)59-32/h5-10,16-19,28,55-56H,4,11-15,20-23H2,1-3H3,(H,48,57)(H,47,49,50)/t28-/m1/s1. The summed E-state index contributed by atoms with van der Waals surface area (Å²) in [5, 5.41) is 36.9. The predicted molar refractivity (Wildman–Crippen MR) is 224 cm³/mol. The van der Waals surface area contributed by atoms with Crippen LogP contribution in [0.1, 0.15) is 56.9 Å². The number of hydrogen-bond acceptors (Lipinski definition) is 12. The zero-order valence-corrected chi connectivity index (χ0v) is 35.1. The van der Waals surface area contributed by atoms with Crippen LogP contribution >= 0.6 is 23.4 Å². The van der Waals surface area contributed by atoms with Crippen LogP contribution in [0, 0.1) is 5.82 Å². The van der Waals surface area contributed by atoms with Crippen LogP contribution in [-0.4, -0.2) is 90.2 Å². The Labute approximate surface area is 357 Å². The van der Waals surface area contributed by atoms with Gasteiger partial charge in [0.1, 0.15) is 5.82 Å². The fourth-order valence-electron chi connectivity index (χ4n) is 7.40. The van der Waals surface area contributed by atoms with Crippen molar-refractivity contribution in [3.05, 3.63) is 88.3 Å². The van der Waals surface area contributed by atoms with Crippen LogP contribution in [0.2, 0.25) is 5.02 Å². The molecule has 4 N–H and O–H groups in total. The minimum atomic E-state index is -3.80. The lowest BCUT2D eigenvalue weighted by atomic mass is 9.90. The van der Waals surface area contributed by atoms with Gasteiger partial charge in [-0.2, -0.15) is 0 Å². The second-order valence-corrected chi connectivity index (χ2v) is 17.3. The Morgan fingerprint density at radius 2 is 1.85 bits per heavy atom. The van der Waals surface area contributed by atoms with E-state index >= 15 is 4.39 Å². The van der Waals surface area contributed by atoms with Crippen molar-refractivity contribution in [2.45, 2.75) is 81.5 Å². The van der Waals surface area contributed by atoms with E-state index in [4.69, 9.17) is 26.3 Å². The molecule has 1 saturated carbocycles. The van der Waals surface area contributed by atoms with Crippen LogP contribution in [0.5, 0.6) is 11.5 Å². The van der Waals surface area contributed by atoms with E-state index in [0.717, 1.165) is 17.7 Å². The number of aromatic nitrogens is 6. The Bertz CT molecular complexity index is 2590. The SMILES string of the molecule is CCCSc1nc(NCCOCC(C)(C)c2cc3cc(NC(=O)C4(c5ccc6c(c5)OC(F)(F)O6)CC4)c(F)cc3n2C[C@@H](O)CO)c2nnn(Cc3ccc(Cl)cc3)c2n1. The van der Waals surface area contributed by atoms with Crippen molar-refractivity contribution in [1.29, 1.82) is 0 Å². The number of thioether (sulfide) groups is 1. The maximum Gasteiger partial charge on any atom is 0.586 e. The van der Waals surface area contributed by atoms with Gasteiger partial charge in [0, 0.05) is 39.9 Å². The molecule has 19 heteroatoms. The molecule has 4 heterocycles. The van der Waals surface area contributed by atoms with Gasteiger partial charge in [0.15, 0.2) is 33.6 Å². The third-order valence-electron chi connectivity index (χ3n) is 10.7. The fraction of sp³-hybridized carbons (Fsp3) is 0.405. The van der Waals surface area contributed by atoms with Crippen LogP contribution in [0.15, 0.2) is 65.8 Å². The lowest BCUT2D eigenvalue weighted by Gasteiger charge is -2.27. The first-order valence-electron chi connectivity index (χ1n) is 19.8. The topological polar surface area (TPSA) is 171 Å². The molecule has 6 aromatic rings. The summed E-state index contributed by atoms with van der Waals surface area (Å²) in [6.45, 7) is 6.80. The van der Waals surface area contributed by atoms with Crippen LogP contribution in [0.4, 0.5) is 24.7 Å². The summed E-state index contributed by atoms with van der Waals surface area (Å²) in [7, 11) is 0. The number of aliphatic hydroxyl groups excluding tert-OH is 2. The normalized spacial score (nSPS) is 15.7. The lowest BCUT2D eigenvalue weighted by molar-refractivity contribution is -0.286. The molecule has 0 bridgehead atoms. The molecule has 3 aromatic carbocycles. The maximum absolute atomic E-state index is 15.9. The highest BCUT2D eigenvalue weighted by Crippen LogP contribution is 2.52. The minimum absolute atomic E-state index is 0.0292. The number of anilines is 2. The van der Waals surface area contributed by atoms with Crippen molar-refractivity contribution in [1.82, 2.24) is 29.5 Å². The van der Waals surface area contributed by atoms with E-state index in [1.54, 1.807) is 21.0 Å². The molecule has 0 unspecified atom stereocenters. The molecule has 3 aromatic heterocycles. The number of carbonyl (C=O) groups excluding carboxylic acids is 1. The summed E-state index contributed by atoms with van der Waals surface area (Å²) in [4.78, 5) is 23.2. The molecule has 0 radical (unpaired) electrons. The molecule has 2 aliphatic rings. The highest BCUT2D eigenvalue weighted by atomic mass is 35.5. The Hall–Kier alpha value is -5.14. The van der Waals surface area contributed by atoms with Gasteiger partial charge in [0.2, 0.25) is 5.91 Å². The van der Waals surface area contributed by atoms with Gasteiger partial charge in [-0.05, 0) is 66.8 Å². The average Bonchev–Trinajstić information content (AvgIpc) is 3.70. The number of amides is 1. The summed E-state index contributed by atoms with van der Waals surface area (Å²) in [6.07, 6.45) is -3.13. The minimum Gasteiger partial charge on any atom is -0.395 e. The van der Waals surface area contributed by atoms with E-state index < -0.39 is 41.6 Å². The number of halogens is 4. The zero-order chi connectivity index (χ0) is 43.1. The smallest absolute Gasteiger partial charge is 0.395 e. The van der Waals surface area contributed by atoms with Gasteiger partial charge in [-0.3, -0.25) is 4.79 Å². The third kappa shape index (κ3) is 8.95. The molecule has 8 rings (SSSR count). The van der Waals surface area contributed by atoms with Gasteiger partial charge in [0.25, 0.3) is 0 Å². The van der Waals surface area contributed by atoms with Gasteiger partial charge in [0.05, 0.1) is 55.6 Å². The third-order valence-corrected chi connectivity index (χ3v) is 12.0. The zero-order valence-electron chi connectivity index (χ0n) is 33.6. The van der Waals surface area contributed by atoms with Crippen molar-refractivity contribution >= 4 is 62.8 Å². The second kappa shape index (κ2) is 17.0. The number of fused-ring (bicyclic) bond motifs is 3. The molecule has 322 valence electrons. The van der Waals surface area contributed by atoms with E-state index in [-0.39, 0.29) is 36.9 Å². The van der Waals surface area contributed by atoms with Crippen LogP contribution in [0.25, 0.3) is 22.1 Å². The molecule has 1 atom stereocenters. The van der Waals surface area contributed by atoms with Crippen molar-refractivity contribution in [2.24, 2.45) is 0 Å². The first-order chi connectivity index (χ1) is 29.2. The van der Waals surface area contributed by atoms with Crippen molar-refractivity contribution in [2.75, 3.05) is 42.8 Å². The Morgan fingerprint density at radius 1 is 1.08 bits per heavy atom. The van der Waals surface area contributed by atoms with E-state index in [0.29, 0.717) is 75.3 Å². The lowest BCUT2D eigenvalue weighted by Crippen LogP contribution is -2.31. The van der Waals surface area contributed by atoms with Gasteiger partial charge >= 0.3 is 6.29 Å². The molecule has 0 saturated heterocycles. The summed E-state index contributed by atoms with van der Waals surface area (Å²) < 4.78 is 62.0. The quantitative estimate of drug-likeness (QED) is 0.0388. The van der Waals surface area contributed by atoms with Gasteiger partial charge in [-0.25, -0.2) is 19.0 Å². The number of benzene rings is 3. The first-order valence-corrected chi connectivity index (χ1v) is 21.2. The molecular formula is C42H44ClF3N8O6S. The van der Waals surface area contributed by atoms with E-state index in [1.807, 2.05) is 44.2 Å². The molecule has 1 fully saturated rings.